The Balaban J connectivity index is 3.13. The summed E-state index contributed by atoms with van der Waals surface area (Å²) >= 11 is 0. The highest BCUT2D eigenvalue weighted by Crippen LogP contribution is 2.09. The molecule has 118 valence electrons. The van der Waals surface area contributed by atoms with Crippen molar-refractivity contribution in [1.29, 1.82) is 0 Å². The maximum Gasteiger partial charge on any atom is 0.0618 e. The molecule has 2 heteroatoms. The minimum absolute atomic E-state index is 0.0450. The summed E-state index contributed by atoms with van der Waals surface area (Å²) in [7, 11) is 0. The van der Waals surface area contributed by atoms with Crippen LogP contribution in [0.2, 0.25) is 0 Å². The van der Waals surface area contributed by atoms with Crippen LogP contribution < -0.4 is 5.73 Å². The average Bonchev–Trinajstić information content (AvgIpc) is 2.47. The zero-order chi connectivity index (χ0) is 14.9. The Hall–Kier alpha value is -0.600. The van der Waals surface area contributed by atoms with Gasteiger partial charge in [0, 0.05) is 6.04 Å². The van der Waals surface area contributed by atoms with Crippen molar-refractivity contribution in [2.45, 2.75) is 83.6 Å². The third-order valence-electron chi connectivity index (χ3n) is 3.48. The summed E-state index contributed by atoms with van der Waals surface area (Å²) in [6.45, 7) is 2.29. The first-order valence-corrected chi connectivity index (χ1v) is 8.49. The number of nitrogens with two attached hydrogens (primary N) is 1. The van der Waals surface area contributed by atoms with E-state index in [4.69, 9.17) is 10.8 Å². The van der Waals surface area contributed by atoms with E-state index >= 15 is 0 Å². The number of hydrogen-bond donors (Lipinski definition) is 2. The van der Waals surface area contributed by atoms with Gasteiger partial charge in [0.05, 0.1) is 6.61 Å². The van der Waals surface area contributed by atoms with Gasteiger partial charge in [-0.1, -0.05) is 69.8 Å². The first-order valence-electron chi connectivity index (χ1n) is 8.49. The molecular weight excluding hydrogens is 246 g/mol. The zero-order valence-electron chi connectivity index (χ0n) is 13.4. The Morgan fingerprint density at radius 1 is 0.800 bits per heavy atom. The number of aliphatic hydroxyl groups excluding tert-OH is 1. The fourth-order valence-corrected chi connectivity index (χ4v) is 2.12. The predicted molar refractivity (Wildman–Crippen MR) is 89.8 cm³/mol. The number of allylic oxidation sites excluding steroid dienone is 3. The van der Waals surface area contributed by atoms with Crippen molar-refractivity contribution in [2.24, 2.45) is 5.73 Å². The number of unbranched alkanes of at least 4 members (excludes halogenated alkanes) is 9. The van der Waals surface area contributed by atoms with Crippen molar-refractivity contribution in [1.82, 2.24) is 0 Å². The number of hydrogen-bond acceptors (Lipinski definition) is 2. The highest BCUT2D eigenvalue weighted by molar-refractivity contribution is 4.90. The summed E-state index contributed by atoms with van der Waals surface area (Å²) in [5.74, 6) is 0. The Kier molecular flexibility index (Phi) is 16.0. The molecule has 1 atom stereocenters. The van der Waals surface area contributed by atoms with Crippen molar-refractivity contribution in [3.05, 3.63) is 24.3 Å². The molecule has 3 N–H and O–H groups in total. The molecule has 0 rings (SSSR count). The lowest BCUT2D eigenvalue weighted by molar-refractivity contribution is 0.284. The molecule has 2 nitrogen and oxygen atoms in total. The molecular formula is C18H35NO. The summed E-state index contributed by atoms with van der Waals surface area (Å²) in [4.78, 5) is 0. The van der Waals surface area contributed by atoms with Crippen LogP contribution in [0.3, 0.4) is 0 Å². The lowest BCUT2D eigenvalue weighted by Gasteiger charge is -2.01. The van der Waals surface area contributed by atoms with Gasteiger partial charge in [-0.3, -0.25) is 0 Å². The second kappa shape index (κ2) is 16.5. The molecule has 0 fully saturated rings. The van der Waals surface area contributed by atoms with E-state index in [0.29, 0.717) is 0 Å². The van der Waals surface area contributed by atoms with Crippen LogP contribution >= 0.6 is 0 Å². The van der Waals surface area contributed by atoms with Gasteiger partial charge in [-0.25, -0.2) is 0 Å². The molecule has 0 saturated heterocycles. The Morgan fingerprint density at radius 3 is 1.85 bits per heavy atom. The molecule has 0 radical (unpaired) electrons. The van der Waals surface area contributed by atoms with Gasteiger partial charge in [0.1, 0.15) is 0 Å². The Morgan fingerprint density at radius 2 is 1.30 bits per heavy atom. The van der Waals surface area contributed by atoms with Gasteiger partial charge in [-0.05, 0) is 32.1 Å². The van der Waals surface area contributed by atoms with Crippen LogP contribution in [0.5, 0.6) is 0 Å². The fourth-order valence-electron chi connectivity index (χ4n) is 2.12. The minimum Gasteiger partial charge on any atom is -0.394 e. The summed E-state index contributed by atoms with van der Waals surface area (Å²) in [6.07, 6.45) is 22.9. The summed E-state index contributed by atoms with van der Waals surface area (Å²) in [6, 6.07) is -0.180. The molecule has 20 heavy (non-hydrogen) atoms. The number of rotatable bonds is 14. The van der Waals surface area contributed by atoms with E-state index < -0.39 is 0 Å². The summed E-state index contributed by atoms with van der Waals surface area (Å²) < 4.78 is 0. The molecule has 0 unspecified atom stereocenters. The average molecular weight is 281 g/mol. The monoisotopic (exact) mass is 281 g/mol. The van der Waals surface area contributed by atoms with Crippen molar-refractivity contribution in [3.63, 3.8) is 0 Å². The van der Waals surface area contributed by atoms with Gasteiger partial charge in [-0.15, -0.1) is 0 Å². The summed E-state index contributed by atoms with van der Waals surface area (Å²) in [5, 5.41) is 8.76. The van der Waals surface area contributed by atoms with E-state index in [1.165, 1.54) is 64.2 Å². The standard InChI is InChI=1S/C18H35NO/c1-2-3-4-5-6-7-8-9-10-11-12-13-14-15-16-18(19)17-20/h5-6,15-16,18,20H,2-4,7-14,17,19H2,1H3/b6-5-,16-15+/t18-/m1/s1. The normalized spacial score (nSPS) is 13.6. The molecule has 0 amide bonds. The molecule has 0 aliphatic rings. The van der Waals surface area contributed by atoms with E-state index in [0.717, 1.165) is 6.42 Å². The van der Waals surface area contributed by atoms with Crippen LogP contribution in [0.25, 0.3) is 0 Å². The molecule has 0 saturated carbocycles. The van der Waals surface area contributed by atoms with Crippen molar-refractivity contribution < 1.29 is 5.11 Å². The van der Waals surface area contributed by atoms with E-state index in [9.17, 15) is 0 Å². The second-order valence-corrected chi connectivity index (χ2v) is 5.59. The van der Waals surface area contributed by atoms with Gasteiger partial charge in [-0.2, -0.15) is 0 Å². The molecule has 0 heterocycles. The Bertz CT molecular complexity index is 236. The maximum absolute atomic E-state index is 8.76. The van der Waals surface area contributed by atoms with Crippen molar-refractivity contribution >= 4 is 0 Å². The van der Waals surface area contributed by atoms with E-state index in [-0.39, 0.29) is 12.6 Å². The topological polar surface area (TPSA) is 46.2 Å². The predicted octanol–water partition coefficient (Wildman–Crippen LogP) is 4.73. The number of aliphatic hydroxyl groups is 1. The molecule has 0 spiro atoms. The Labute approximate surface area is 126 Å². The van der Waals surface area contributed by atoms with E-state index in [1.807, 2.05) is 6.08 Å². The van der Waals surface area contributed by atoms with Crippen molar-refractivity contribution in [3.8, 4) is 0 Å². The molecule has 0 aliphatic carbocycles. The quantitative estimate of drug-likeness (QED) is 0.357. The second-order valence-electron chi connectivity index (χ2n) is 5.59. The highest BCUT2D eigenvalue weighted by atomic mass is 16.3. The third kappa shape index (κ3) is 15.5. The first kappa shape index (κ1) is 19.4. The van der Waals surface area contributed by atoms with Crippen LogP contribution in [-0.2, 0) is 0 Å². The van der Waals surface area contributed by atoms with Gasteiger partial charge < -0.3 is 10.8 Å². The van der Waals surface area contributed by atoms with Crippen LogP contribution in [0.15, 0.2) is 24.3 Å². The van der Waals surface area contributed by atoms with Crippen LogP contribution in [0, 0.1) is 0 Å². The molecule has 0 aromatic rings. The largest absolute Gasteiger partial charge is 0.394 e. The van der Waals surface area contributed by atoms with Gasteiger partial charge in [0.2, 0.25) is 0 Å². The zero-order valence-corrected chi connectivity index (χ0v) is 13.4. The van der Waals surface area contributed by atoms with E-state index in [2.05, 4.69) is 25.2 Å². The molecule has 0 bridgehead atoms. The molecule has 0 aromatic carbocycles. The smallest absolute Gasteiger partial charge is 0.0618 e. The van der Waals surface area contributed by atoms with Gasteiger partial charge in [0.25, 0.3) is 0 Å². The van der Waals surface area contributed by atoms with E-state index in [1.54, 1.807) is 0 Å². The SMILES string of the molecule is CCCC/C=C\CCCCCCCC/C=C/[C@@H](N)CO. The maximum atomic E-state index is 8.76. The minimum atomic E-state index is -0.180. The fraction of sp³-hybridized carbons (Fsp3) is 0.778. The van der Waals surface area contributed by atoms with Crippen LogP contribution in [-0.4, -0.2) is 17.8 Å². The molecule has 0 aliphatic heterocycles. The van der Waals surface area contributed by atoms with Crippen LogP contribution in [0.1, 0.15) is 77.6 Å². The summed E-state index contributed by atoms with van der Waals surface area (Å²) in [5.41, 5.74) is 5.58. The lowest BCUT2D eigenvalue weighted by atomic mass is 10.1. The van der Waals surface area contributed by atoms with Crippen molar-refractivity contribution in [2.75, 3.05) is 6.61 Å². The first-order chi connectivity index (χ1) is 9.81. The van der Waals surface area contributed by atoms with Gasteiger partial charge >= 0.3 is 0 Å². The lowest BCUT2D eigenvalue weighted by Crippen LogP contribution is -2.20. The third-order valence-corrected chi connectivity index (χ3v) is 3.48. The van der Waals surface area contributed by atoms with Crippen LogP contribution in [0.4, 0.5) is 0 Å². The highest BCUT2D eigenvalue weighted by Gasteiger charge is 1.92. The molecule has 0 aromatic heterocycles. The van der Waals surface area contributed by atoms with Gasteiger partial charge in [0.15, 0.2) is 0 Å².